The van der Waals surface area contributed by atoms with E-state index in [1.165, 1.54) is 38.5 Å². The van der Waals surface area contributed by atoms with Crippen LogP contribution in [0, 0.1) is 0 Å². The van der Waals surface area contributed by atoms with Gasteiger partial charge in [0.1, 0.15) is 5.75 Å². The van der Waals surface area contributed by atoms with Crippen molar-refractivity contribution in [3.63, 3.8) is 0 Å². The molecule has 4 heteroatoms. The van der Waals surface area contributed by atoms with Gasteiger partial charge in [0.15, 0.2) is 0 Å². The van der Waals surface area contributed by atoms with E-state index in [0.29, 0.717) is 18.5 Å². The highest BCUT2D eigenvalue weighted by Gasteiger charge is 2.26. The van der Waals surface area contributed by atoms with Crippen LogP contribution >= 0.6 is 7.60 Å². The van der Waals surface area contributed by atoms with Crippen molar-refractivity contribution in [1.29, 1.82) is 0 Å². The van der Waals surface area contributed by atoms with E-state index in [0.717, 1.165) is 36.5 Å². The van der Waals surface area contributed by atoms with Crippen molar-refractivity contribution in [2.24, 2.45) is 0 Å². The molecule has 0 amide bonds. The molecule has 0 saturated heterocycles. The van der Waals surface area contributed by atoms with Crippen molar-refractivity contribution < 1.29 is 13.6 Å². The molecule has 0 N–H and O–H groups in total. The molecule has 2 aromatic rings. The lowest BCUT2D eigenvalue weighted by Crippen LogP contribution is -2.04. The Labute approximate surface area is 171 Å². The molecule has 156 valence electrons. The second-order valence-electron chi connectivity index (χ2n) is 7.56. The molecule has 28 heavy (non-hydrogen) atoms. The fraction of sp³-hybridized carbons (Fsp3) is 0.583. The van der Waals surface area contributed by atoms with Crippen LogP contribution in [0.3, 0.4) is 0 Å². The third-order valence-corrected chi connectivity index (χ3v) is 6.97. The van der Waals surface area contributed by atoms with Crippen LogP contribution in [0.25, 0.3) is 10.8 Å². The summed E-state index contributed by atoms with van der Waals surface area (Å²) in [5, 5.41) is 2.07. The zero-order chi connectivity index (χ0) is 20.1. The first-order chi connectivity index (χ1) is 13.7. The lowest BCUT2D eigenvalue weighted by Gasteiger charge is -2.20. The maximum absolute atomic E-state index is 13.3. The Kier molecular flexibility index (Phi) is 10.7. The lowest BCUT2D eigenvalue weighted by molar-refractivity contribution is 0.257. The first kappa shape index (κ1) is 23.0. The van der Waals surface area contributed by atoms with Gasteiger partial charge in [-0.15, -0.1) is 0 Å². The van der Waals surface area contributed by atoms with E-state index >= 15 is 0 Å². The summed E-state index contributed by atoms with van der Waals surface area (Å²) in [4.78, 5) is 0. The molecule has 1 unspecified atom stereocenters. The van der Waals surface area contributed by atoms with Crippen molar-refractivity contribution in [3.05, 3.63) is 42.5 Å². The molecule has 0 aliphatic heterocycles. The van der Waals surface area contributed by atoms with Crippen LogP contribution in [-0.4, -0.2) is 12.8 Å². The summed E-state index contributed by atoms with van der Waals surface area (Å²) in [6.07, 6.45) is 12.2. The summed E-state index contributed by atoms with van der Waals surface area (Å²) >= 11 is 0. The molecular weight excluding hydrogens is 367 g/mol. The first-order valence-electron chi connectivity index (χ1n) is 11.1. The highest BCUT2D eigenvalue weighted by molar-refractivity contribution is 7.54. The van der Waals surface area contributed by atoms with E-state index in [4.69, 9.17) is 9.05 Å². The van der Waals surface area contributed by atoms with Crippen LogP contribution in [0.5, 0.6) is 5.75 Å². The summed E-state index contributed by atoms with van der Waals surface area (Å²) < 4.78 is 25.2. The minimum Gasteiger partial charge on any atom is -0.424 e. The third kappa shape index (κ3) is 7.97. The van der Waals surface area contributed by atoms with Crippen LogP contribution < -0.4 is 4.52 Å². The second kappa shape index (κ2) is 13.0. The summed E-state index contributed by atoms with van der Waals surface area (Å²) in [6.45, 7) is 4.86. The smallest absolute Gasteiger partial charge is 0.379 e. The molecule has 1 atom stereocenters. The topological polar surface area (TPSA) is 35.5 Å². The zero-order valence-corrected chi connectivity index (χ0v) is 18.6. The number of hydrogen-bond acceptors (Lipinski definition) is 3. The Morgan fingerprint density at radius 3 is 2.14 bits per heavy atom. The van der Waals surface area contributed by atoms with Gasteiger partial charge in [0, 0.05) is 5.39 Å². The molecule has 0 aliphatic rings. The highest BCUT2D eigenvalue weighted by atomic mass is 31.2. The number of hydrogen-bond donors (Lipinski definition) is 0. The van der Waals surface area contributed by atoms with Gasteiger partial charge >= 0.3 is 7.60 Å². The average molecular weight is 405 g/mol. The number of unbranched alkanes of at least 4 members (excludes halogenated alkanes) is 8. The number of fused-ring (bicyclic) bond motifs is 1. The SMILES string of the molecule is CCCCCCCCCCOP(=O)(CCCC)Oc1cccc2ccccc12. The van der Waals surface area contributed by atoms with Crippen LogP contribution in [0.2, 0.25) is 0 Å². The fourth-order valence-corrected chi connectivity index (χ4v) is 5.20. The Balaban J connectivity index is 1.86. The molecule has 0 fully saturated rings. The molecule has 0 saturated carbocycles. The number of rotatable bonds is 15. The van der Waals surface area contributed by atoms with Crippen molar-refractivity contribution in [3.8, 4) is 5.75 Å². The van der Waals surface area contributed by atoms with Crippen molar-refractivity contribution in [2.75, 3.05) is 12.8 Å². The van der Waals surface area contributed by atoms with E-state index in [1.807, 2.05) is 42.5 Å². The second-order valence-corrected chi connectivity index (χ2v) is 9.67. The summed E-state index contributed by atoms with van der Waals surface area (Å²) in [5.74, 6) is 0.661. The Hall–Kier alpha value is -1.31. The van der Waals surface area contributed by atoms with Gasteiger partial charge in [-0.25, -0.2) is 4.57 Å². The molecule has 0 aromatic heterocycles. The van der Waals surface area contributed by atoms with E-state index in [2.05, 4.69) is 13.8 Å². The van der Waals surface area contributed by atoms with Crippen molar-refractivity contribution in [1.82, 2.24) is 0 Å². The quantitative estimate of drug-likeness (QED) is 0.221. The normalized spacial score (nSPS) is 13.5. The van der Waals surface area contributed by atoms with E-state index < -0.39 is 7.60 Å². The third-order valence-electron chi connectivity index (χ3n) is 5.06. The minimum atomic E-state index is -3.13. The van der Waals surface area contributed by atoms with Gasteiger partial charge in [-0.3, -0.25) is 4.52 Å². The Morgan fingerprint density at radius 1 is 0.750 bits per heavy atom. The van der Waals surface area contributed by atoms with Crippen LogP contribution in [-0.2, 0) is 9.09 Å². The Morgan fingerprint density at radius 2 is 1.39 bits per heavy atom. The minimum absolute atomic E-state index is 0.476. The molecule has 0 bridgehead atoms. The molecule has 0 radical (unpaired) electrons. The summed E-state index contributed by atoms with van der Waals surface area (Å²) in [7, 11) is -3.13. The molecule has 2 aromatic carbocycles. The molecule has 0 heterocycles. The molecule has 2 rings (SSSR count). The van der Waals surface area contributed by atoms with Gasteiger partial charge in [0.2, 0.25) is 0 Å². The Bertz CT molecular complexity index is 723. The van der Waals surface area contributed by atoms with Crippen LogP contribution in [0.4, 0.5) is 0 Å². The van der Waals surface area contributed by atoms with Crippen LogP contribution in [0.15, 0.2) is 42.5 Å². The summed E-state index contributed by atoms with van der Waals surface area (Å²) in [6, 6.07) is 13.9. The van der Waals surface area contributed by atoms with Gasteiger partial charge in [0.25, 0.3) is 0 Å². The standard InChI is InChI=1S/C24H37O3P/c1-3-5-7-8-9-10-11-14-20-26-28(25,21-6-4-2)27-24-19-15-17-22-16-12-13-18-23(22)24/h12-13,15-19H,3-11,14,20-21H2,1-2H3. The predicted octanol–water partition coefficient (Wildman–Crippen LogP) is 8.37. The maximum Gasteiger partial charge on any atom is 0.379 e. The lowest BCUT2D eigenvalue weighted by atomic mass is 10.1. The van der Waals surface area contributed by atoms with E-state index in [9.17, 15) is 4.57 Å². The van der Waals surface area contributed by atoms with Gasteiger partial charge in [-0.1, -0.05) is 102 Å². The summed E-state index contributed by atoms with van der Waals surface area (Å²) in [5.41, 5.74) is 0. The average Bonchev–Trinajstić information content (AvgIpc) is 2.71. The van der Waals surface area contributed by atoms with E-state index in [1.54, 1.807) is 0 Å². The monoisotopic (exact) mass is 404 g/mol. The van der Waals surface area contributed by atoms with Crippen LogP contribution in [0.1, 0.15) is 78.1 Å². The van der Waals surface area contributed by atoms with Crippen molar-refractivity contribution in [2.45, 2.75) is 78.1 Å². The number of benzene rings is 2. The predicted molar refractivity (Wildman–Crippen MR) is 121 cm³/mol. The van der Waals surface area contributed by atoms with Crippen molar-refractivity contribution >= 4 is 18.4 Å². The van der Waals surface area contributed by atoms with Gasteiger partial charge in [-0.05, 0) is 24.3 Å². The molecule has 3 nitrogen and oxygen atoms in total. The largest absolute Gasteiger partial charge is 0.424 e. The van der Waals surface area contributed by atoms with Gasteiger partial charge in [0.05, 0.1) is 12.8 Å². The molecule has 0 aliphatic carbocycles. The molecular formula is C24H37O3P. The zero-order valence-electron chi connectivity index (χ0n) is 17.7. The van der Waals surface area contributed by atoms with Gasteiger partial charge in [-0.2, -0.15) is 0 Å². The molecule has 0 spiro atoms. The maximum atomic E-state index is 13.3. The van der Waals surface area contributed by atoms with E-state index in [-0.39, 0.29) is 0 Å². The fourth-order valence-electron chi connectivity index (χ4n) is 3.35. The van der Waals surface area contributed by atoms with Gasteiger partial charge < -0.3 is 4.52 Å². The first-order valence-corrected chi connectivity index (χ1v) is 12.8. The highest BCUT2D eigenvalue weighted by Crippen LogP contribution is 2.50.